The maximum atomic E-state index is 12.5. The van der Waals surface area contributed by atoms with Crippen molar-refractivity contribution < 1.29 is 34.2 Å². The van der Waals surface area contributed by atoms with E-state index in [9.17, 15) is 29.7 Å². The smallest absolute Gasteiger partial charge is 0.362 e. The van der Waals surface area contributed by atoms with Gasteiger partial charge in [0.2, 0.25) is 0 Å². The Bertz CT molecular complexity index is 588. The van der Waals surface area contributed by atoms with E-state index in [1.807, 2.05) is 20.8 Å². The molecule has 36 heavy (non-hydrogen) atoms. The van der Waals surface area contributed by atoms with Crippen molar-refractivity contribution in [1.82, 2.24) is 0 Å². The summed E-state index contributed by atoms with van der Waals surface area (Å²) in [4.78, 5) is 37.5. The number of quaternary nitrogens is 1. The Balaban J connectivity index is 5.56. The molecule has 0 saturated heterocycles. The van der Waals surface area contributed by atoms with Crippen molar-refractivity contribution in [2.24, 2.45) is 0 Å². The van der Waals surface area contributed by atoms with Gasteiger partial charge in [-0.1, -0.05) is 72.0 Å². The first-order valence-electron chi connectivity index (χ1n) is 14.4. The molecule has 0 aliphatic rings. The van der Waals surface area contributed by atoms with Gasteiger partial charge in [-0.05, 0) is 51.4 Å². The van der Waals surface area contributed by atoms with Crippen molar-refractivity contribution in [3.8, 4) is 0 Å². The van der Waals surface area contributed by atoms with Gasteiger partial charge in [-0.2, -0.15) is 0 Å². The topological polar surface area (TPSA) is 112 Å². The quantitative estimate of drug-likeness (QED) is 0.0726. The van der Waals surface area contributed by atoms with E-state index in [-0.39, 0.29) is 30.3 Å². The number of carboxylic acids is 3. The van der Waals surface area contributed by atoms with Crippen molar-refractivity contribution >= 4 is 17.9 Å². The summed E-state index contributed by atoms with van der Waals surface area (Å²) >= 11 is 0. The monoisotopic (exact) mass is 512 g/mol. The fourth-order valence-electron chi connectivity index (χ4n) is 5.64. The number of unbranched alkanes of at least 4 members (excludes halogenated alkanes) is 8. The lowest BCUT2D eigenvalue weighted by atomic mass is 9.91. The van der Waals surface area contributed by atoms with E-state index in [0.29, 0.717) is 25.7 Å². The Kier molecular flexibility index (Phi) is 19.1. The van der Waals surface area contributed by atoms with Crippen molar-refractivity contribution in [1.29, 1.82) is 0 Å². The lowest BCUT2D eigenvalue weighted by molar-refractivity contribution is -0.973. The molecule has 0 saturated carbocycles. The lowest BCUT2D eigenvalue weighted by Crippen LogP contribution is -2.72. The summed E-state index contributed by atoms with van der Waals surface area (Å²) < 4.78 is -0.374. The summed E-state index contributed by atoms with van der Waals surface area (Å²) in [7, 11) is 0. The highest BCUT2D eigenvalue weighted by atomic mass is 16.4. The Labute approximate surface area is 219 Å². The van der Waals surface area contributed by atoms with Gasteiger partial charge in [0.25, 0.3) is 0 Å². The maximum absolute atomic E-state index is 12.5. The molecule has 0 bridgehead atoms. The second-order valence-corrected chi connectivity index (χ2v) is 10.1. The van der Waals surface area contributed by atoms with Gasteiger partial charge in [0.05, 0.1) is 6.54 Å². The molecule has 3 N–H and O–H groups in total. The molecule has 0 rings (SSSR count). The molecule has 0 aromatic rings. The Hall–Kier alpha value is -1.89. The fourth-order valence-corrected chi connectivity index (χ4v) is 5.64. The van der Waals surface area contributed by atoms with Crippen molar-refractivity contribution in [2.75, 3.05) is 6.54 Å². The number of nitrogens with zero attached hydrogens (tertiary/aromatic N) is 1. The summed E-state index contributed by atoms with van der Waals surface area (Å²) in [6.45, 7) is 8.03. The molecule has 3 unspecified atom stereocenters. The number of carbonyl (C=O) groups is 3. The Morgan fingerprint density at radius 3 is 1.28 bits per heavy atom. The summed E-state index contributed by atoms with van der Waals surface area (Å²) in [5.74, 6) is -3.26. The van der Waals surface area contributed by atoms with Crippen LogP contribution >= 0.6 is 0 Å². The zero-order chi connectivity index (χ0) is 27.4. The molecule has 0 aliphatic heterocycles. The zero-order valence-corrected chi connectivity index (χ0v) is 23.4. The van der Waals surface area contributed by atoms with Gasteiger partial charge in [-0.25, -0.2) is 14.4 Å². The minimum Gasteiger partial charge on any atom is -0.477 e. The van der Waals surface area contributed by atoms with Gasteiger partial charge in [0.1, 0.15) is 0 Å². The molecule has 0 aromatic carbocycles. The second-order valence-electron chi connectivity index (χ2n) is 10.1. The van der Waals surface area contributed by atoms with Gasteiger partial charge in [-0.15, -0.1) is 0 Å². The lowest BCUT2D eigenvalue weighted by Gasteiger charge is -2.50. The highest BCUT2D eigenvalue weighted by molar-refractivity contribution is 5.78. The van der Waals surface area contributed by atoms with Gasteiger partial charge < -0.3 is 15.3 Å². The second kappa shape index (κ2) is 20.2. The molecule has 7 heteroatoms. The van der Waals surface area contributed by atoms with Crippen LogP contribution in [0.4, 0.5) is 0 Å². The largest absolute Gasteiger partial charge is 0.477 e. The molecule has 0 aromatic heterocycles. The number of hydrogen-bond donors (Lipinski definition) is 3. The van der Waals surface area contributed by atoms with Crippen LogP contribution in [-0.2, 0) is 14.4 Å². The Morgan fingerprint density at radius 2 is 0.944 bits per heavy atom. The van der Waals surface area contributed by atoms with Crippen molar-refractivity contribution in [2.45, 2.75) is 149 Å². The highest BCUT2D eigenvalue weighted by Gasteiger charge is 2.56. The molecule has 7 nitrogen and oxygen atoms in total. The van der Waals surface area contributed by atoms with Crippen LogP contribution in [0, 0.1) is 0 Å². The molecule has 210 valence electrons. The molecule has 3 atom stereocenters. The van der Waals surface area contributed by atoms with Crippen LogP contribution in [0.2, 0.25) is 0 Å². The highest BCUT2D eigenvalue weighted by Crippen LogP contribution is 2.34. The number of carboxylic acid groups (broad SMARTS) is 3. The van der Waals surface area contributed by atoms with Crippen LogP contribution in [-0.4, -0.2) is 62.4 Å². The summed E-state index contributed by atoms with van der Waals surface area (Å²) in [6, 6.07) is -3.13. The third-order valence-electron chi connectivity index (χ3n) is 7.35. The molecule has 0 spiro atoms. The minimum atomic E-state index is -1.09. The van der Waals surface area contributed by atoms with Gasteiger partial charge >= 0.3 is 17.9 Å². The third-order valence-corrected chi connectivity index (χ3v) is 7.35. The van der Waals surface area contributed by atoms with E-state index in [0.717, 1.165) is 38.5 Å². The molecular weight excluding hydrogens is 458 g/mol. The summed E-state index contributed by atoms with van der Waals surface area (Å²) in [5, 5.41) is 30.7. The van der Waals surface area contributed by atoms with Crippen LogP contribution < -0.4 is 0 Å². The van der Waals surface area contributed by atoms with Crippen LogP contribution in [0.25, 0.3) is 0 Å². The van der Waals surface area contributed by atoms with E-state index in [2.05, 4.69) is 19.1 Å². The predicted molar refractivity (Wildman–Crippen MR) is 145 cm³/mol. The van der Waals surface area contributed by atoms with E-state index < -0.39 is 36.0 Å². The first-order chi connectivity index (χ1) is 17.2. The van der Waals surface area contributed by atoms with Crippen LogP contribution in [0.1, 0.15) is 130 Å². The first-order valence-corrected chi connectivity index (χ1v) is 14.4. The average molecular weight is 513 g/mol. The first kappa shape index (κ1) is 34.1. The minimum absolute atomic E-state index is 0.268. The van der Waals surface area contributed by atoms with Crippen LogP contribution in [0.3, 0.4) is 0 Å². The van der Waals surface area contributed by atoms with Gasteiger partial charge in [-0.3, -0.25) is 4.48 Å². The SMILES string of the molecule is CC/C=C/CCCCCCCCCC[N+](C(CCC)C(=O)O)(C(CCC)C(=O)O)C(CCC)C(=O)O. The number of allylic oxidation sites excluding steroid dienone is 2. The van der Waals surface area contributed by atoms with Crippen molar-refractivity contribution in [3.05, 3.63) is 12.2 Å². The zero-order valence-electron chi connectivity index (χ0n) is 23.4. The molecule has 0 radical (unpaired) electrons. The third kappa shape index (κ3) is 11.4. The van der Waals surface area contributed by atoms with Gasteiger partial charge in [0.15, 0.2) is 18.1 Å². The number of hydrogen-bond acceptors (Lipinski definition) is 3. The summed E-state index contributed by atoms with van der Waals surface area (Å²) in [6.07, 6.45) is 17.5. The molecule has 0 fully saturated rings. The number of aliphatic carboxylic acids is 3. The maximum Gasteiger partial charge on any atom is 0.362 e. The van der Waals surface area contributed by atoms with Crippen LogP contribution in [0.5, 0.6) is 0 Å². The van der Waals surface area contributed by atoms with Crippen LogP contribution in [0.15, 0.2) is 12.2 Å². The van der Waals surface area contributed by atoms with E-state index in [1.54, 1.807) is 0 Å². The molecular formula is C29H54NO6+. The molecule has 0 heterocycles. The molecule has 0 amide bonds. The molecule has 0 aliphatic carbocycles. The number of rotatable bonds is 24. The van der Waals surface area contributed by atoms with Gasteiger partial charge in [0, 0.05) is 19.3 Å². The van der Waals surface area contributed by atoms with E-state index in [4.69, 9.17) is 0 Å². The standard InChI is InChI=1S/C29H53NO6/c1-5-9-10-11-12-13-14-15-16-17-18-19-23-30(24(20-6-2)27(31)32,25(21-7-3)28(33)34)26(22-8-4)29(35)36/h9-10,24-26H,5-8,11-23H2,1-4H3,(H2-,31,32,33,34,35,36)/p+1/b10-9+. The van der Waals surface area contributed by atoms with Crippen molar-refractivity contribution in [3.63, 3.8) is 0 Å². The fraction of sp³-hybridized carbons (Fsp3) is 0.828. The Morgan fingerprint density at radius 1 is 0.583 bits per heavy atom. The normalized spacial score (nSPS) is 15.9. The van der Waals surface area contributed by atoms with E-state index in [1.165, 1.54) is 19.3 Å². The summed E-state index contributed by atoms with van der Waals surface area (Å²) in [5.41, 5.74) is 0. The predicted octanol–water partition coefficient (Wildman–Crippen LogP) is 7.04. The average Bonchev–Trinajstić information content (AvgIpc) is 2.83. The van der Waals surface area contributed by atoms with E-state index >= 15 is 0 Å².